The molecule has 0 spiro atoms. The molecular weight excluding hydrogens is 354 g/mol. The van der Waals surface area contributed by atoms with E-state index in [1.807, 2.05) is 31.2 Å². The smallest absolute Gasteiger partial charge is 0.261 e. The number of hydrogen-bond donors (Lipinski definition) is 1. The van der Waals surface area contributed by atoms with Crippen molar-refractivity contribution >= 4 is 5.91 Å². The summed E-state index contributed by atoms with van der Waals surface area (Å²) in [5.41, 5.74) is 3.69. The molecule has 5 heteroatoms. The van der Waals surface area contributed by atoms with Crippen LogP contribution >= 0.6 is 0 Å². The molecule has 0 saturated carbocycles. The molecule has 1 aliphatic rings. The van der Waals surface area contributed by atoms with E-state index in [0.29, 0.717) is 24.7 Å². The first-order valence-electron chi connectivity index (χ1n) is 9.96. The number of ether oxygens (including phenoxy) is 3. The lowest BCUT2D eigenvalue weighted by atomic mass is 9.92. The van der Waals surface area contributed by atoms with Gasteiger partial charge in [-0.05, 0) is 80.5 Å². The number of benzene rings is 2. The highest BCUT2D eigenvalue weighted by Crippen LogP contribution is 2.28. The van der Waals surface area contributed by atoms with Gasteiger partial charge in [-0.2, -0.15) is 0 Å². The van der Waals surface area contributed by atoms with Crippen molar-refractivity contribution in [3.8, 4) is 17.2 Å². The molecule has 3 rings (SSSR count). The molecule has 2 aromatic rings. The Bertz CT molecular complexity index is 818. The number of methoxy groups -OCH3 is 1. The first kappa shape index (κ1) is 20.1. The Hall–Kier alpha value is -2.69. The maximum atomic E-state index is 12.5. The Morgan fingerprint density at radius 3 is 2.61 bits per heavy atom. The highest BCUT2D eigenvalue weighted by Gasteiger charge is 2.16. The topological polar surface area (TPSA) is 56.8 Å². The van der Waals surface area contributed by atoms with Crippen molar-refractivity contribution in [3.05, 3.63) is 53.1 Å². The van der Waals surface area contributed by atoms with Crippen LogP contribution in [0.2, 0.25) is 0 Å². The van der Waals surface area contributed by atoms with Gasteiger partial charge in [0.15, 0.2) is 17.6 Å². The highest BCUT2D eigenvalue weighted by atomic mass is 16.5. The number of fused-ring (bicyclic) bond motifs is 1. The molecule has 0 bridgehead atoms. The van der Waals surface area contributed by atoms with Gasteiger partial charge >= 0.3 is 0 Å². The Morgan fingerprint density at radius 2 is 1.86 bits per heavy atom. The lowest BCUT2D eigenvalue weighted by Crippen LogP contribution is -2.35. The van der Waals surface area contributed by atoms with E-state index in [1.54, 1.807) is 14.0 Å². The first-order chi connectivity index (χ1) is 13.6. The minimum atomic E-state index is -0.564. The fourth-order valence-corrected chi connectivity index (χ4v) is 3.47. The molecule has 28 heavy (non-hydrogen) atoms. The quantitative estimate of drug-likeness (QED) is 0.747. The summed E-state index contributed by atoms with van der Waals surface area (Å²) < 4.78 is 16.7. The largest absolute Gasteiger partial charge is 0.493 e. The van der Waals surface area contributed by atoms with Gasteiger partial charge in [0.25, 0.3) is 5.91 Å². The zero-order valence-electron chi connectivity index (χ0n) is 16.9. The summed E-state index contributed by atoms with van der Waals surface area (Å²) in [7, 11) is 1.61. The Morgan fingerprint density at radius 1 is 1.07 bits per heavy atom. The zero-order valence-corrected chi connectivity index (χ0v) is 16.9. The minimum absolute atomic E-state index is 0.147. The average molecular weight is 383 g/mol. The number of carbonyl (C=O) groups is 1. The summed E-state index contributed by atoms with van der Waals surface area (Å²) >= 11 is 0. The highest BCUT2D eigenvalue weighted by molar-refractivity contribution is 5.80. The number of aryl methyl sites for hydroxylation is 2. The fourth-order valence-electron chi connectivity index (χ4n) is 3.47. The summed E-state index contributed by atoms with van der Waals surface area (Å²) in [6, 6.07) is 11.8. The summed E-state index contributed by atoms with van der Waals surface area (Å²) in [4.78, 5) is 12.5. The predicted octanol–water partition coefficient (Wildman–Crippen LogP) is 4.06. The van der Waals surface area contributed by atoms with E-state index in [-0.39, 0.29) is 5.91 Å². The molecule has 150 valence electrons. The maximum absolute atomic E-state index is 12.5. The number of hydrogen-bond acceptors (Lipinski definition) is 4. The second kappa shape index (κ2) is 9.49. The molecule has 2 aromatic carbocycles. The van der Waals surface area contributed by atoms with Gasteiger partial charge < -0.3 is 19.5 Å². The molecule has 1 amide bonds. The van der Waals surface area contributed by atoms with E-state index < -0.39 is 6.10 Å². The van der Waals surface area contributed by atoms with Gasteiger partial charge in [0, 0.05) is 6.54 Å². The molecule has 1 atom stereocenters. The SMILES string of the molecule is CCOc1cc(CNC(=O)C(C)Oc2ccc3c(c2)CCCC3)ccc1OC. The van der Waals surface area contributed by atoms with E-state index in [4.69, 9.17) is 14.2 Å². The summed E-state index contributed by atoms with van der Waals surface area (Å²) in [5, 5.41) is 2.93. The molecule has 0 aliphatic heterocycles. The Balaban J connectivity index is 1.56. The summed E-state index contributed by atoms with van der Waals surface area (Å²) in [6.45, 7) is 4.65. The lowest BCUT2D eigenvalue weighted by Gasteiger charge is -2.19. The molecule has 0 heterocycles. The van der Waals surface area contributed by atoms with Crippen LogP contribution in [0.5, 0.6) is 17.2 Å². The van der Waals surface area contributed by atoms with Crippen LogP contribution in [0.3, 0.4) is 0 Å². The second-order valence-corrected chi connectivity index (χ2v) is 7.03. The Kier molecular flexibility index (Phi) is 6.80. The van der Waals surface area contributed by atoms with Crippen molar-refractivity contribution in [1.29, 1.82) is 0 Å². The minimum Gasteiger partial charge on any atom is -0.493 e. The van der Waals surface area contributed by atoms with Crippen molar-refractivity contribution in [2.75, 3.05) is 13.7 Å². The molecule has 1 N–H and O–H groups in total. The van der Waals surface area contributed by atoms with E-state index >= 15 is 0 Å². The van der Waals surface area contributed by atoms with E-state index in [0.717, 1.165) is 24.2 Å². The van der Waals surface area contributed by atoms with Crippen LogP contribution in [0.25, 0.3) is 0 Å². The van der Waals surface area contributed by atoms with Crippen molar-refractivity contribution < 1.29 is 19.0 Å². The Labute approximate surface area is 167 Å². The van der Waals surface area contributed by atoms with Crippen molar-refractivity contribution in [3.63, 3.8) is 0 Å². The van der Waals surface area contributed by atoms with Gasteiger partial charge in [0.05, 0.1) is 13.7 Å². The van der Waals surface area contributed by atoms with Crippen molar-refractivity contribution in [2.45, 2.75) is 52.2 Å². The van der Waals surface area contributed by atoms with E-state index in [9.17, 15) is 4.79 Å². The zero-order chi connectivity index (χ0) is 19.9. The van der Waals surface area contributed by atoms with Gasteiger partial charge in [-0.1, -0.05) is 12.1 Å². The van der Waals surface area contributed by atoms with Gasteiger partial charge in [-0.15, -0.1) is 0 Å². The van der Waals surface area contributed by atoms with Gasteiger partial charge in [-0.25, -0.2) is 0 Å². The monoisotopic (exact) mass is 383 g/mol. The fraction of sp³-hybridized carbons (Fsp3) is 0.435. The predicted molar refractivity (Wildman–Crippen MR) is 109 cm³/mol. The molecule has 1 unspecified atom stereocenters. The molecule has 0 aromatic heterocycles. The van der Waals surface area contributed by atoms with Gasteiger partial charge in [0.2, 0.25) is 0 Å². The molecule has 0 fully saturated rings. The number of rotatable bonds is 8. The normalized spacial score (nSPS) is 14.0. The van der Waals surface area contributed by atoms with Crippen LogP contribution in [0.15, 0.2) is 36.4 Å². The third-order valence-corrected chi connectivity index (χ3v) is 5.00. The first-order valence-corrected chi connectivity index (χ1v) is 9.96. The molecule has 0 radical (unpaired) electrons. The third-order valence-electron chi connectivity index (χ3n) is 5.00. The summed E-state index contributed by atoms with van der Waals surface area (Å²) in [5.74, 6) is 1.97. The standard InChI is InChI=1S/C23H29NO4/c1-4-27-22-13-17(9-12-21(22)26-3)15-24-23(25)16(2)28-20-11-10-18-7-5-6-8-19(18)14-20/h9-14,16H,4-8,15H2,1-3H3,(H,24,25). The number of nitrogens with one attached hydrogen (secondary N) is 1. The van der Waals surface area contributed by atoms with Crippen LogP contribution in [0, 0.1) is 0 Å². The molecule has 5 nitrogen and oxygen atoms in total. The van der Waals surface area contributed by atoms with Crippen molar-refractivity contribution in [2.24, 2.45) is 0 Å². The third kappa shape index (κ3) is 4.97. The van der Waals surface area contributed by atoms with Crippen LogP contribution < -0.4 is 19.5 Å². The number of carbonyl (C=O) groups excluding carboxylic acids is 1. The van der Waals surface area contributed by atoms with E-state index in [1.165, 1.54) is 24.0 Å². The van der Waals surface area contributed by atoms with Crippen LogP contribution in [0.4, 0.5) is 0 Å². The van der Waals surface area contributed by atoms with Crippen LogP contribution in [-0.2, 0) is 24.2 Å². The summed E-state index contributed by atoms with van der Waals surface area (Å²) in [6.07, 6.45) is 4.14. The van der Waals surface area contributed by atoms with Crippen LogP contribution in [0.1, 0.15) is 43.4 Å². The van der Waals surface area contributed by atoms with Gasteiger partial charge in [-0.3, -0.25) is 4.79 Å². The van der Waals surface area contributed by atoms with Crippen molar-refractivity contribution in [1.82, 2.24) is 5.32 Å². The average Bonchev–Trinajstić information content (AvgIpc) is 2.72. The number of amides is 1. The molecule has 1 aliphatic carbocycles. The second-order valence-electron chi connectivity index (χ2n) is 7.03. The van der Waals surface area contributed by atoms with E-state index in [2.05, 4.69) is 17.4 Å². The van der Waals surface area contributed by atoms with Crippen LogP contribution in [-0.4, -0.2) is 25.7 Å². The lowest BCUT2D eigenvalue weighted by molar-refractivity contribution is -0.127. The maximum Gasteiger partial charge on any atom is 0.261 e. The molecular formula is C23H29NO4. The molecule has 0 saturated heterocycles. The van der Waals surface area contributed by atoms with Gasteiger partial charge in [0.1, 0.15) is 5.75 Å².